The predicted molar refractivity (Wildman–Crippen MR) is 65.2 cm³/mol. The minimum Gasteiger partial charge on any atom is -0.368 e. The van der Waals surface area contributed by atoms with E-state index >= 15 is 0 Å². The highest BCUT2D eigenvalue weighted by atomic mass is 32.2. The summed E-state index contributed by atoms with van der Waals surface area (Å²) in [4.78, 5) is 13.0. The van der Waals surface area contributed by atoms with Crippen LogP contribution in [-0.2, 0) is 9.84 Å². The second kappa shape index (κ2) is 3.57. The maximum Gasteiger partial charge on any atom is 0.159 e. The maximum atomic E-state index is 11.7. The van der Waals surface area contributed by atoms with Crippen molar-refractivity contribution in [3.63, 3.8) is 0 Å². The molecule has 2 atom stereocenters. The van der Waals surface area contributed by atoms with Gasteiger partial charge in [-0.3, -0.25) is 4.79 Å². The SMILES string of the molecule is O=Cc1ccccc1N1CC2CC(C1)S2(=O)=O. The molecule has 2 bridgehead atoms. The first-order valence-electron chi connectivity index (χ1n) is 5.65. The number of aldehydes is 1. The van der Waals surface area contributed by atoms with Gasteiger partial charge in [0.1, 0.15) is 0 Å². The number of nitrogens with zero attached hydrogens (tertiary/aromatic N) is 1. The van der Waals surface area contributed by atoms with E-state index in [9.17, 15) is 13.2 Å². The number of carbonyl (C=O) groups is 1. The molecular weight excluding hydrogens is 238 g/mol. The third kappa shape index (κ3) is 1.49. The molecular formula is C12H13NO3S. The highest BCUT2D eigenvalue weighted by Crippen LogP contribution is 2.37. The normalized spacial score (nSPS) is 29.5. The zero-order valence-corrected chi connectivity index (χ0v) is 10.1. The average molecular weight is 251 g/mol. The van der Waals surface area contributed by atoms with Gasteiger partial charge in [0, 0.05) is 24.3 Å². The van der Waals surface area contributed by atoms with Crippen LogP contribution in [0, 0.1) is 0 Å². The second-order valence-corrected chi connectivity index (χ2v) is 7.16. The lowest BCUT2D eigenvalue weighted by atomic mass is 10.1. The molecule has 0 radical (unpaired) electrons. The Labute approximate surface area is 100 Å². The largest absolute Gasteiger partial charge is 0.368 e. The molecule has 5 heteroatoms. The fraction of sp³-hybridized carbons (Fsp3) is 0.417. The standard InChI is InChI=1S/C12H13NO3S/c14-8-9-3-1-2-4-12(9)13-6-10-5-11(7-13)17(10,15)16/h1-4,8,10-11H,5-7H2. The minimum absolute atomic E-state index is 0.235. The number of benzene rings is 1. The summed E-state index contributed by atoms with van der Waals surface area (Å²) in [6, 6.07) is 7.32. The van der Waals surface area contributed by atoms with Crippen LogP contribution in [0.25, 0.3) is 0 Å². The van der Waals surface area contributed by atoms with E-state index in [0.717, 1.165) is 18.4 Å². The lowest BCUT2D eigenvalue weighted by Gasteiger charge is -2.47. The summed E-state index contributed by atoms with van der Waals surface area (Å²) < 4.78 is 23.3. The average Bonchev–Trinajstić information content (AvgIpc) is 2.38. The quantitative estimate of drug-likeness (QED) is 0.732. The molecule has 4 rings (SSSR count). The molecule has 90 valence electrons. The number of para-hydroxylation sites is 1. The molecule has 1 aromatic rings. The first-order chi connectivity index (χ1) is 8.13. The summed E-state index contributed by atoms with van der Waals surface area (Å²) in [5, 5.41) is -0.470. The van der Waals surface area contributed by atoms with E-state index in [1.807, 2.05) is 23.1 Å². The number of rotatable bonds is 2. The van der Waals surface area contributed by atoms with Crippen molar-refractivity contribution in [2.24, 2.45) is 0 Å². The van der Waals surface area contributed by atoms with Gasteiger partial charge in [-0.05, 0) is 18.6 Å². The third-order valence-corrected chi connectivity index (χ3v) is 6.25. The predicted octanol–water partition coefficient (Wildman–Crippen LogP) is 0.875. The molecule has 3 heterocycles. The molecule has 0 amide bonds. The van der Waals surface area contributed by atoms with Gasteiger partial charge in [-0.25, -0.2) is 8.42 Å². The summed E-state index contributed by atoms with van der Waals surface area (Å²) in [6.07, 6.45) is 1.60. The Hall–Kier alpha value is -1.36. The lowest BCUT2D eigenvalue weighted by Crippen LogP contribution is -2.62. The van der Waals surface area contributed by atoms with Crippen molar-refractivity contribution in [1.82, 2.24) is 0 Å². The van der Waals surface area contributed by atoms with Crippen LogP contribution in [0.2, 0.25) is 0 Å². The molecule has 0 aliphatic carbocycles. The highest BCUT2D eigenvalue weighted by Gasteiger charge is 2.51. The van der Waals surface area contributed by atoms with Gasteiger partial charge in [0.2, 0.25) is 0 Å². The molecule has 2 unspecified atom stereocenters. The molecule has 4 nitrogen and oxygen atoms in total. The lowest BCUT2D eigenvalue weighted by molar-refractivity contribution is 0.112. The van der Waals surface area contributed by atoms with Crippen LogP contribution < -0.4 is 4.90 Å². The number of fused-ring (bicyclic) bond motifs is 2. The molecule has 1 aromatic carbocycles. The van der Waals surface area contributed by atoms with Gasteiger partial charge >= 0.3 is 0 Å². The second-order valence-electron chi connectivity index (χ2n) is 4.65. The Balaban J connectivity index is 1.91. The van der Waals surface area contributed by atoms with Crippen molar-refractivity contribution in [1.29, 1.82) is 0 Å². The Morgan fingerprint density at radius 3 is 2.41 bits per heavy atom. The molecule has 17 heavy (non-hydrogen) atoms. The first-order valence-corrected chi connectivity index (χ1v) is 7.25. The van der Waals surface area contributed by atoms with Crippen LogP contribution in [0.5, 0.6) is 0 Å². The Morgan fingerprint density at radius 2 is 1.82 bits per heavy atom. The van der Waals surface area contributed by atoms with E-state index in [0.29, 0.717) is 18.7 Å². The minimum atomic E-state index is -2.85. The molecule has 0 spiro atoms. The third-order valence-electron chi connectivity index (χ3n) is 3.71. The summed E-state index contributed by atoms with van der Waals surface area (Å²) >= 11 is 0. The van der Waals surface area contributed by atoms with E-state index in [-0.39, 0.29) is 10.5 Å². The Bertz CT molecular complexity index is 549. The molecule has 3 aliphatic rings. The van der Waals surface area contributed by atoms with Crippen LogP contribution >= 0.6 is 0 Å². The van der Waals surface area contributed by atoms with Crippen molar-refractivity contribution in [2.75, 3.05) is 18.0 Å². The number of anilines is 1. The smallest absolute Gasteiger partial charge is 0.159 e. The molecule has 0 aromatic heterocycles. The Morgan fingerprint density at radius 1 is 1.18 bits per heavy atom. The summed E-state index contributed by atoms with van der Waals surface area (Å²) in [5.74, 6) is 0. The number of piperidine rings is 1. The van der Waals surface area contributed by atoms with Gasteiger partial charge in [-0.1, -0.05) is 12.1 Å². The summed E-state index contributed by atoms with van der Waals surface area (Å²) in [7, 11) is -2.85. The number of carbonyl (C=O) groups excluding carboxylic acids is 1. The molecule has 0 N–H and O–H groups in total. The van der Waals surface area contributed by atoms with Gasteiger partial charge < -0.3 is 4.90 Å². The molecule has 3 saturated heterocycles. The Kier molecular flexibility index (Phi) is 2.26. The topological polar surface area (TPSA) is 54.5 Å². The van der Waals surface area contributed by atoms with Crippen molar-refractivity contribution in [3.8, 4) is 0 Å². The monoisotopic (exact) mass is 251 g/mol. The zero-order chi connectivity index (χ0) is 12.0. The first kappa shape index (κ1) is 10.8. The van der Waals surface area contributed by atoms with E-state index in [1.54, 1.807) is 6.07 Å². The van der Waals surface area contributed by atoms with Crippen LogP contribution in [0.4, 0.5) is 5.69 Å². The van der Waals surface area contributed by atoms with Gasteiger partial charge in [0.15, 0.2) is 16.1 Å². The summed E-state index contributed by atoms with van der Waals surface area (Å²) in [5.41, 5.74) is 1.48. The van der Waals surface area contributed by atoms with Crippen molar-refractivity contribution < 1.29 is 13.2 Å². The van der Waals surface area contributed by atoms with Gasteiger partial charge in [-0.2, -0.15) is 0 Å². The van der Waals surface area contributed by atoms with Gasteiger partial charge in [0.05, 0.1) is 10.5 Å². The van der Waals surface area contributed by atoms with Crippen molar-refractivity contribution in [2.45, 2.75) is 16.9 Å². The number of hydrogen-bond donors (Lipinski definition) is 0. The zero-order valence-electron chi connectivity index (χ0n) is 9.24. The molecule has 3 fully saturated rings. The van der Waals surface area contributed by atoms with E-state index < -0.39 is 9.84 Å². The van der Waals surface area contributed by atoms with Crippen LogP contribution in [-0.4, -0.2) is 38.3 Å². The highest BCUT2D eigenvalue weighted by molar-refractivity contribution is 7.94. The summed E-state index contributed by atoms with van der Waals surface area (Å²) in [6.45, 7) is 1.04. The van der Waals surface area contributed by atoms with Crippen molar-refractivity contribution >= 4 is 21.8 Å². The van der Waals surface area contributed by atoms with E-state index in [1.165, 1.54) is 0 Å². The van der Waals surface area contributed by atoms with Crippen molar-refractivity contribution in [3.05, 3.63) is 29.8 Å². The molecule has 0 saturated carbocycles. The fourth-order valence-corrected chi connectivity index (χ4v) is 4.67. The van der Waals surface area contributed by atoms with Gasteiger partial charge in [0.25, 0.3) is 0 Å². The van der Waals surface area contributed by atoms with Crippen LogP contribution in [0.3, 0.4) is 0 Å². The fourth-order valence-electron chi connectivity index (χ4n) is 2.71. The number of sulfone groups is 1. The maximum absolute atomic E-state index is 11.7. The van der Waals surface area contributed by atoms with E-state index in [4.69, 9.17) is 0 Å². The number of hydrogen-bond acceptors (Lipinski definition) is 4. The van der Waals surface area contributed by atoms with Crippen LogP contribution in [0.1, 0.15) is 16.8 Å². The van der Waals surface area contributed by atoms with Gasteiger partial charge in [-0.15, -0.1) is 0 Å². The van der Waals surface area contributed by atoms with E-state index in [2.05, 4.69) is 0 Å². The van der Waals surface area contributed by atoms with Crippen LogP contribution in [0.15, 0.2) is 24.3 Å². The molecule has 3 aliphatic heterocycles.